The SMILES string of the molecule is COc1cccc(C(=O)CO[Si](C)(C)C(C)(C)C)c1. The van der Waals surface area contributed by atoms with Crippen molar-refractivity contribution in [2.75, 3.05) is 13.7 Å². The maximum absolute atomic E-state index is 12.1. The molecule has 0 radical (unpaired) electrons. The van der Waals surface area contributed by atoms with Gasteiger partial charge in [0.05, 0.1) is 13.7 Å². The molecule has 0 saturated carbocycles. The van der Waals surface area contributed by atoms with Crippen LogP contribution in [0.4, 0.5) is 0 Å². The largest absolute Gasteiger partial charge is 0.497 e. The van der Waals surface area contributed by atoms with E-state index in [0.29, 0.717) is 11.3 Å². The number of benzene rings is 1. The van der Waals surface area contributed by atoms with Gasteiger partial charge in [-0.05, 0) is 30.3 Å². The zero-order valence-corrected chi connectivity index (χ0v) is 13.7. The van der Waals surface area contributed by atoms with Gasteiger partial charge in [-0.3, -0.25) is 4.79 Å². The maximum atomic E-state index is 12.1. The van der Waals surface area contributed by atoms with Crippen molar-refractivity contribution in [3.05, 3.63) is 29.8 Å². The van der Waals surface area contributed by atoms with E-state index in [4.69, 9.17) is 9.16 Å². The summed E-state index contributed by atoms with van der Waals surface area (Å²) in [5, 5.41) is 0.113. The van der Waals surface area contributed by atoms with E-state index in [-0.39, 0.29) is 17.4 Å². The van der Waals surface area contributed by atoms with E-state index >= 15 is 0 Å². The number of Topliss-reactive ketones (excluding diaryl/α,β-unsaturated/α-hetero) is 1. The summed E-state index contributed by atoms with van der Waals surface area (Å²) in [6, 6.07) is 7.18. The molecule has 106 valence electrons. The molecular weight excluding hydrogens is 256 g/mol. The Kier molecular flexibility index (Phi) is 4.93. The van der Waals surface area contributed by atoms with Crippen molar-refractivity contribution < 1.29 is 14.0 Å². The van der Waals surface area contributed by atoms with Gasteiger partial charge in [-0.15, -0.1) is 0 Å². The van der Waals surface area contributed by atoms with E-state index in [1.54, 1.807) is 19.2 Å². The lowest BCUT2D eigenvalue weighted by Crippen LogP contribution is -2.42. The Morgan fingerprint density at radius 3 is 2.42 bits per heavy atom. The van der Waals surface area contributed by atoms with Crippen LogP contribution in [0.1, 0.15) is 31.1 Å². The molecule has 0 heterocycles. The Balaban J connectivity index is 2.70. The third-order valence-electron chi connectivity index (χ3n) is 3.76. The van der Waals surface area contributed by atoms with Crippen LogP contribution < -0.4 is 4.74 Å². The van der Waals surface area contributed by atoms with Gasteiger partial charge < -0.3 is 9.16 Å². The van der Waals surface area contributed by atoms with Gasteiger partial charge in [-0.25, -0.2) is 0 Å². The Hall–Kier alpha value is -1.13. The van der Waals surface area contributed by atoms with Crippen molar-refractivity contribution in [3.63, 3.8) is 0 Å². The van der Waals surface area contributed by atoms with E-state index in [9.17, 15) is 4.79 Å². The van der Waals surface area contributed by atoms with Gasteiger partial charge in [0.1, 0.15) is 5.75 Å². The first-order valence-corrected chi connectivity index (χ1v) is 9.39. The minimum atomic E-state index is -1.87. The zero-order chi connectivity index (χ0) is 14.7. The summed E-state index contributed by atoms with van der Waals surface area (Å²) in [5.41, 5.74) is 0.637. The van der Waals surface area contributed by atoms with Crippen LogP contribution in [0.3, 0.4) is 0 Å². The average molecular weight is 280 g/mol. The first-order chi connectivity index (χ1) is 8.67. The number of ketones is 1. The summed E-state index contributed by atoms with van der Waals surface area (Å²) in [5.74, 6) is 0.696. The van der Waals surface area contributed by atoms with Gasteiger partial charge in [0.2, 0.25) is 0 Å². The number of methoxy groups -OCH3 is 1. The molecule has 0 bridgehead atoms. The molecular formula is C15H24O3Si. The quantitative estimate of drug-likeness (QED) is 0.606. The van der Waals surface area contributed by atoms with Crippen molar-refractivity contribution >= 4 is 14.1 Å². The fourth-order valence-corrected chi connectivity index (χ4v) is 2.27. The standard InChI is InChI=1S/C15H24O3Si/c1-15(2,3)19(5,6)18-11-14(16)12-8-7-9-13(10-12)17-4/h7-10H,11H2,1-6H3. The first-order valence-electron chi connectivity index (χ1n) is 6.48. The molecule has 0 unspecified atom stereocenters. The Bertz CT molecular complexity index is 447. The monoisotopic (exact) mass is 280 g/mol. The highest BCUT2D eigenvalue weighted by Crippen LogP contribution is 2.36. The molecule has 0 saturated heterocycles. The summed E-state index contributed by atoms with van der Waals surface area (Å²) in [4.78, 5) is 12.1. The topological polar surface area (TPSA) is 35.5 Å². The van der Waals surface area contributed by atoms with E-state index in [0.717, 1.165) is 0 Å². The van der Waals surface area contributed by atoms with Crippen molar-refractivity contribution in [2.24, 2.45) is 0 Å². The third-order valence-corrected chi connectivity index (χ3v) is 8.24. The normalized spacial score (nSPS) is 12.3. The summed E-state index contributed by atoms with van der Waals surface area (Å²) in [6.07, 6.45) is 0. The molecule has 1 aromatic rings. The fourth-order valence-electron chi connectivity index (χ4n) is 1.34. The highest BCUT2D eigenvalue weighted by molar-refractivity contribution is 6.74. The lowest BCUT2D eigenvalue weighted by molar-refractivity contribution is 0.0910. The van der Waals surface area contributed by atoms with E-state index in [1.165, 1.54) is 0 Å². The highest BCUT2D eigenvalue weighted by atomic mass is 28.4. The Morgan fingerprint density at radius 2 is 1.89 bits per heavy atom. The van der Waals surface area contributed by atoms with Gasteiger partial charge in [0.15, 0.2) is 14.1 Å². The summed E-state index contributed by atoms with van der Waals surface area (Å²) >= 11 is 0. The van der Waals surface area contributed by atoms with Crippen molar-refractivity contribution in [2.45, 2.75) is 38.9 Å². The molecule has 1 aromatic carbocycles. The predicted octanol–water partition coefficient (Wildman–Crippen LogP) is 3.90. The number of rotatable bonds is 5. The van der Waals surface area contributed by atoms with E-state index in [2.05, 4.69) is 33.9 Å². The molecule has 4 heteroatoms. The third kappa shape index (κ3) is 4.18. The van der Waals surface area contributed by atoms with Crippen molar-refractivity contribution in [3.8, 4) is 5.75 Å². The molecule has 0 N–H and O–H groups in total. The van der Waals surface area contributed by atoms with Crippen molar-refractivity contribution in [1.29, 1.82) is 0 Å². The molecule has 0 amide bonds. The lowest BCUT2D eigenvalue weighted by Gasteiger charge is -2.35. The first kappa shape index (κ1) is 15.9. The van der Waals surface area contributed by atoms with E-state index < -0.39 is 8.32 Å². The number of carbonyl (C=O) groups is 1. The van der Waals surface area contributed by atoms with Gasteiger partial charge >= 0.3 is 0 Å². The summed E-state index contributed by atoms with van der Waals surface area (Å²) in [6.45, 7) is 10.9. The number of ether oxygens (including phenoxy) is 1. The second-order valence-corrected chi connectivity index (χ2v) is 11.0. The van der Waals surface area contributed by atoms with Crippen molar-refractivity contribution in [1.82, 2.24) is 0 Å². The smallest absolute Gasteiger partial charge is 0.192 e. The van der Waals surface area contributed by atoms with Gasteiger partial charge in [0.25, 0.3) is 0 Å². The molecule has 0 aliphatic rings. The molecule has 0 atom stereocenters. The van der Waals surface area contributed by atoms with Gasteiger partial charge in [0, 0.05) is 5.56 Å². The maximum Gasteiger partial charge on any atom is 0.192 e. The van der Waals surface area contributed by atoms with E-state index in [1.807, 2.05) is 12.1 Å². The van der Waals surface area contributed by atoms with Crippen LogP contribution in [0, 0.1) is 0 Å². The Morgan fingerprint density at radius 1 is 1.26 bits per heavy atom. The predicted molar refractivity (Wildman–Crippen MR) is 80.5 cm³/mol. The molecule has 0 spiro atoms. The van der Waals surface area contributed by atoms with Gasteiger partial charge in [-0.2, -0.15) is 0 Å². The second kappa shape index (κ2) is 5.88. The molecule has 0 aromatic heterocycles. The summed E-state index contributed by atoms with van der Waals surface area (Å²) < 4.78 is 11.1. The number of carbonyl (C=O) groups excluding carboxylic acids is 1. The minimum Gasteiger partial charge on any atom is -0.497 e. The number of hydrogen-bond acceptors (Lipinski definition) is 3. The molecule has 0 aliphatic heterocycles. The van der Waals surface area contributed by atoms with Crippen LogP contribution in [-0.2, 0) is 4.43 Å². The zero-order valence-electron chi connectivity index (χ0n) is 12.7. The van der Waals surface area contributed by atoms with Crippen LogP contribution in [0.2, 0.25) is 18.1 Å². The van der Waals surface area contributed by atoms with Crippen LogP contribution in [0.15, 0.2) is 24.3 Å². The van der Waals surface area contributed by atoms with Crippen LogP contribution in [0.25, 0.3) is 0 Å². The van der Waals surface area contributed by atoms with Crippen LogP contribution in [0.5, 0.6) is 5.75 Å². The van der Waals surface area contributed by atoms with Crippen LogP contribution >= 0.6 is 0 Å². The van der Waals surface area contributed by atoms with Crippen LogP contribution in [-0.4, -0.2) is 27.8 Å². The molecule has 1 rings (SSSR count). The highest BCUT2D eigenvalue weighted by Gasteiger charge is 2.37. The molecule has 3 nitrogen and oxygen atoms in total. The molecule has 19 heavy (non-hydrogen) atoms. The molecule has 0 aliphatic carbocycles. The lowest BCUT2D eigenvalue weighted by atomic mass is 10.1. The number of hydrogen-bond donors (Lipinski definition) is 0. The second-order valence-electron chi connectivity index (χ2n) is 6.20. The molecule has 0 fully saturated rings. The fraction of sp³-hybridized carbons (Fsp3) is 0.533. The summed E-state index contributed by atoms with van der Waals surface area (Å²) in [7, 11) is -0.282. The minimum absolute atomic E-state index is 0.00345. The van der Waals surface area contributed by atoms with Gasteiger partial charge in [-0.1, -0.05) is 32.9 Å². The average Bonchev–Trinajstić information content (AvgIpc) is 2.34. The Labute approximate surface area is 117 Å².